The lowest BCUT2D eigenvalue weighted by molar-refractivity contribution is -0.144. The maximum Gasteiger partial charge on any atom is 0.307 e. The molecule has 3 nitrogen and oxygen atoms in total. The summed E-state index contributed by atoms with van der Waals surface area (Å²) in [5, 5.41) is 3.21. The van der Waals surface area contributed by atoms with E-state index in [-0.39, 0.29) is 11.5 Å². The minimum absolute atomic E-state index is 0.136. The average Bonchev–Trinajstić information content (AvgIpc) is 1.85. The van der Waals surface area contributed by atoms with E-state index in [9.17, 15) is 4.79 Å². The minimum Gasteiger partial charge on any atom is -0.466 e. The van der Waals surface area contributed by atoms with Crippen LogP contribution < -0.4 is 5.32 Å². The Balaban J connectivity index is 3.79. The second-order valence-corrected chi connectivity index (χ2v) is 3.40. The number of rotatable bonds is 5. The molecule has 0 radical (unpaired) electrons. The van der Waals surface area contributed by atoms with E-state index < -0.39 is 0 Å². The highest BCUT2D eigenvalue weighted by Gasteiger charge is 2.20. The highest BCUT2D eigenvalue weighted by atomic mass is 16.5. The molecule has 1 N–H and O–H groups in total. The average molecular weight is 173 g/mol. The molecule has 3 heteroatoms. The van der Waals surface area contributed by atoms with Crippen molar-refractivity contribution in [3.63, 3.8) is 0 Å². The molecule has 0 saturated heterocycles. The molecular weight excluding hydrogens is 154 g/mol. The van der Waals surface area contributed by atoms with E-state index in [2.05, 4.69) is 5.32 Å². The number of nitrogens with one attached hydrogen (secondary N) is 1. The molecule has 0 saturated carbocycles. The molecule has 0 aliphatic heterocycles. The van der Waals surface area contributed by atoms with Gasteiger partial charge in [-0.05, 0) is 27.3 Å². The Morgan fingerprint density at radius 2 is 2.00 bits per heavy atom. The molecule has 0 rings (SSSR count). The van der Waals surface area contributed by atoms with Crippen molar-refractivity contribution in [2.75, 3.05) is 13.2 Å². The van der Waals surface area contributed by atoms with Gasteiger partial charge in [0.15, 0.2) is 0 Å². The van der Waals surface area contributed by atoms with Crippen LogP contribution in [0.25, 0.3) is 0 Å². The largest absolute Gasteiger partial charge is 0.466 e. The van der Waals surface area contributed by atoms with Gasteiger partial charge >= 0.3 is 5.97 Å². The summed E-state index contributed by atoms with van der Waals surface area (Å²) in [7, 11) is 0. The van der Waals surface area contributed by atoms with Crippen LogP contribution in [-0.4, -0.2) is 24.7 Å². The first-order chi connectivity index (χ1) is 5.52. The number of carbonyl (C=O) groups excluding carboxylic acids is 1. The third-order valence-corrected chi connectivity index (χ3v) is 1.55. The maximum absolute atomic E-state index is 11.1. The van der Waals surface area contributed by atoms with Gasteiger partial charge in [-0.1, -0.05) is 6.92 Å². The van der Waals surface area contributed by atoms with Gasteiger partial charge in [-0.25, -0.2) is 0 Å². The van der Waals surface area contributed by atoms with Crippen LogP contribution in [0.4, 0.5) is 0 Å². The van der Waals surface area contributed by atoms with Crippen LogP contribution in [-0.2, 0) is 9.53 Å². The number of ether oxygens (including phenoxy) is 1. The fourth-order valence-corrected chi connectivity index (χ4v) is 1.11. The van der Waals surface area contributed by atoms with Gasteiger partial charge in [-0.2, -0.15) is 0 Å². The SMILES string of the molecule is CCNC(C)(C)CC(=O)OCC. The predicted octanol–water partition coefficient (Wildman–Crippen LogP) is 1.33. The Morgan fingerprint density at radius 1 is 1.42 bits per heavy atom. The zero-order valence-corrected chi connectivity index (χ0v) is 8.44. The summed E-state index contributed by atoms with van der Waals surface area (Å²) in [6.07, 6.45) is 0.425. The summed E-state index contributed by atoms with van der Waals surface area (Å²) in [6.45, 7) is 9.15. The van der Waals surface area contributed by atoms with Crippen molar-refractivity contribution in [1.29, 1.82) is 0 Å². The first-order valence-corrected chi connectivity index (χ1v) is 4.42. The monoisotopic (exact) mass is 173 g/mol. The molecule has 0 spiro atoms. The molecule has 0 aromatic heterocycles. The Kier molecular flexibility index (Phi) is 4.90. The smallest absolute Gasteiger partial charge is 0.307 e. The van der Waals surface area contributed by atoms with Gasteiger partial charge in [0.25, 0.3) is 0 Å². The molecule has 12 heavy (non-hydrogen) atoms. The highest BCUT2D eigenvalue weighted by Crippen LogP contribution is 2.08. The molecule has 0 unspecified atom stereocenters. The van der Waals surface area contributed by atoms with E-state index in [4.69, 9.17) is 4.74 Å². The molecule has 0 aromatic carbocycles. The van der Waals surface area contributed by atoms with Crippen LogP contribution in [0, 0.1) is 0 Å². The van der Waals surface area contributed by atoms with E-state index in [1.807, 2.05) is 27.7 Å². The molecule has 0 fully saturated rings. The number of hydrogen-bond acceptors (Lipinski definition) is 3. The lowest BCUT2D eigenvalue weighted by atomic mass is 10.0. The molecule has 0 atom stereocenters. The molecule has 0 aliphatic carbocycles. The first kappa shape index (κ1) is 11.4. The van der Waals surface area contributed by atoms with Crippen LogP contribution in [0.5, 0.6) is 0 Å². The molecule has 0 aliphatic rings. The Bertz CT molecular complexity index is 143. The van der Waals surface area contributed by atoms with Crippen molar-refractivity contribution in [2.24, 2.45) is 0 Å². The number of carbonyl (C=O) groups is 1. The van der Waals surface area contributed by atoms with Gasteiger partial charge in [0.2, 0.25) is 0 Å². The quantitative estimate of drug-likeness (QED) is 0.637. The minimum atomic E-state index is -0.152. The topological polar surface area (TPSA) is 38.3 Å². The molecule has 0 amide bonds. The lowest BCUT2D eigenvalue weighted by Crippen LogP contribution is -2.41. The van der Waals surface area contributed by atoms with Crippen LogP contribution >= 0.6 is 0 Å². The standard InChI is InChI=1S/C9H19NO2/c1-5-10-9(3,4)7-8(11)12-6-2/h10H,5-7H2,1-4H3. The zero-order valence-electron chi connectivity index (χ0n) is 8.44. The number of esters is 1. The molecule has 0 bridgehead atoms. The van der Waals surface area contributed by atoms with Crippen LogP contribution in [0.2, 0.25) is 0 Å². The van der Waals surface area contributed by atoms with Crippen molar-refractivity contribution < 1.29 is 9.53 Å². The van der Waals surface area contributed by atoms with Crippen molar-refractivity contribution in [3.8, 4) is 0 Å². The van der Waals surface area contributed by atoms with Crippen molar-refractivity contribution in [1.82, 2.24) is 5.32 Å². The Hall–Kier alpha value is -0.570. The Labute approximate surface area is 74.5 Å². The van der Waals surface area contributed by atoms with E-state index in [1.54, 1.807) is 0 Å². The lowest BCUT2D eigenvalue weighted by Gasteiger charge is -2.24. The molecule has 0 heterocycles. The van der Waals surface area contributed by atoms with E-state index in [0.717, 1.165) is 6.54 Å². The van der Waals surface area contributed by atoms with Crippen molar-refractivity contribution >= 4 is 5.97 Å². The second-order valence-electron chi connectivity index (χ2n) is 3.40. The van der Waals surface area contributed by atoms with Gasteiger partial charge in [-0.3, -0.25) is 4.79 Å². The van der Waals surface area contributed by atoms with Gasteiger partial charge in [0, 0.05) is 5.54 Å². The molecule has 72 valence electrons. The first-order valence-electron chi connectivity index (χ1n) is 4.42. The van der Waals surface area contributed by atoms with Gasteiger partial charge in [-0.15, -0.1) is 0 Å². The Morgan fingerprint density at radius 3 is 2.42 bits per heavy atom. The predicted molar refractivity (Wildman–Crippen MR) is 49.0 cm³/mol. The summed E-state index contributed by atoms with van der Waals surface area (Å²) in [4.78, 5) is 11.1. The summed E-state index contributed by atoms with van der Waals surface area (Å²) < 4.78 is 4.85. The zero-order chi connectivity index (χ0) is 9.61. The van der Waals surface area contributed by atoms with E-state index in [1.165, 1.54) is 0 Å². The van der Waals surface area contributed by atoms with Crippen LogP contribution in [0.3, 0.4) is 0 Å². The summed E-state index contributed by atoms with van der Waals surface area (Å²) in [6, 6.07) is 0. The second kappa shape index (κ2) is 5.14. The van der Waals surface area contributed by atoms with E-state index in [0.29, 0.717) is 13.0 Å². The van der Waals surface area contributed by atoms with Crippen molar-refractivity contribution in [2.45, 2.75) is 39.7 Å². The van der Waals surface area contributed by atoms with Crippen LogP contribution in [0.1, 0.15) is 34.1 Å². The molecular formula is C9H19NO2. The maximum atomic E-state index is 11.1. The highest BCUT2D eigenvalue weighted by molar-refractivity contribution is 5.70. The van der Waals surface area contributed by atoms with E-state index >= 15 is 0 Å². The fraction of sp³-hybridized carbons (Fsp3) is 0.889. The fourth-order valence-electron chi connectivity index (χ4n) is 1.11. The van der Waals surface area contributed by atoms with Gasteiger partial charge in [0.05, 0.1) is 13.0 Å². The summed E-state index contributed by atoms with van der Waals surface area (Å²) >= 11 is 0. The summed E-state index contributed by atoms with van der Waals surface area (Å²) in [5.74, 6) is -0.136. The number of hydrogen-bond donors (Lipinski definition) is 1. The normalized spacial score (nSPS) is 11.3. The van der Waals surface area contributed by atoms with Gasteiger partial charge < -0.3 is 10.1 Å². The van der Waals surface area contributed by atoms with Gasteiger partial charge in [0.1, 0.15) is 0 Å². The summed E-state index contributed by atoms with van der Waals surface area (Å²) in [5.41, 5.74) is -0.152. The third-order valence-electron chi connectivity index (χ3n) is 1.55. The van der Waals surface area contributed by atoms with Crippen LogP contribution in [0.15, 0.2) is 0 Å². The molecule has 0 aromatic rings. The van der Waals surface area contributed by atoms with Crippen molar-refractivity contribution in [3.05, 3.63) is 0 Å². The third kappa shape index (κ3) is 5.13.